The predicted molar refractivity (Wildman–Crippen MR) is 75.5 cm³/mol. The Labute approximate surface area is 128 Å². The van der Waals surface area contributed by atoms with Crippen LogP contribution >= 0.6 is 11.6 Å². The number of nitrogens with zero attached hydrogens (tertiary/aromatic N) is 4. The molecule has 3 rings (SSSR count). The molecule has 0 N–H and O–H groups in total. The van der Waals surface area contributed by atoms with Crippen LogP contribution in [-0.2, 0) is 19.1 Å². The summed E-state index contributed by atoms with van der Waals surface area (Å²) in [5.74, 6) is -1.26. The molecule has 1 aromatic carbocycles. The fourth-order valence-electron chi connectivity index (χ4n) is 2.09. The van der Waals surface area contributed by atoms with E-state index >= 15 is 0 Å². The molecular weight excluding hydrogens is 317 g/mol. The minimum Gasteiger partial charge on any atom is -0.315 e. The molecule has 0 aliphatic carbocycles. The Morgan fingerprint density at radius 3 is 2.50 bits per heavy atom. The number of aryl methyl sites for hydroxylation is 2. The summed E-state index contributed by atoms with van der Waals surface area (Å²) in [7, 11) is 0. The van der Waals surface area contributed by atoms with Gasteiger partial charge in [0.25, 0.3) is 0 Å². The SMILES string of the molecule is FC(F)(F)c1nc(Cl)c2ncn(CCc3ccccc3)c2n1. The van der Waals surface area contributed by atoms with Crippen molar-refractivity contribution in [2.75, 3.05) is 0 Å². The molecule has 22 heavy (non-hydrogen) atoms. The number of imidazole rings is 1. The van der Waals surface area contributed by atoms with E-state index in [0.717, 1.165) is 5.56 Å². The molecule has 0 unspecified atom stereocenters. The highest BCUT2D eigenvalue weighted by Gasteiger charge is 2.36. The van der Waals surface area contributed by atoms with Crippen LogP contribution in [-0.4, -0.2) is 19.5 Å². The van der Waals surface area contributed by atoms with Crippen molar-refractivity contribution in [2.45, 2.75) is 19.1 Å². The van der Waals surface area contributed by atoms with Crippen LogP contribution in [0.2, 0.25) is 5.15 Å². The molecule has 0 radical (unpaired) electrons. The quantitative estimate of drug-likeness (QED) is 0.689. The average Bonchev–Trinajstić information content (AvgIpc) is 2.89. The third-order valence-corrected chi connectivity index (χ3v) is 3.42. The third kappa shape index (κ3) is 2.89. The highest BCUT2D eigenvalue weighted by atomic mass is 35.5. The predicted octanol–water partition coefficient (Wildman–Crippen LogP) is 3.74. The first-order valence-corrected chi connectivity index (χ1v) is 6.82. The summed E-state index contributed by atoms with van der Waals surface area (Å²) in [6.45, 7) is 0.450. The van der Waals surface area contributed by atoms with Gasteiger partial charge in [-0.05, 0) is 12.0 Å². The number of hydrogen-bond donors (Lipinski definition) is 0. The molecule has 8 heteroatoms. The largest absolute Gasteiger partial charge is 0.451 e. The summed E-state index contributed by atoms with van der Waals surface area (Å²) in [5.41, 5.74) is 1.33. The van der Waals surface area contributed by atoms with Crippen LogP contribution in [0, 0.1) is 0 Å². The summed E-state index contributed by atoms with van der Waals surface area (Å²) in [4.78, 5) is 10.8. The van der Waals surface area contributed by atoms with E-state index in [2.05, 4.69) is 15.0 Å². The lowest BCUT2D eigenvalue weighted by Gasteiger charge is -2.07. The van der Waals surface area contributed by atoms with Gasteiger partial charge in [-0.3, -0.25) is 0 Å². The van der Waals surface area contributed by atoms with Gasteiger partial charge < -0.3 is 4.57 Å². The van der Waals surface area contributed by atoms with Crippen molar-refractivity contribution in [3.63, 3.8) is 0 Å². The van der Waals surface area contributed by atoms with Gasteiger partial charge in [0.15, 0.2) is 10.8 Å². The van der Waals surface area contributed by atoms with Gasteiger partial charge in [0.05, 0.1) is 6.33 Å². The Morgan fingerprint density at radius 1 is 1.09 bits per heavy atom. The molecule has 4 nitrogen and oxygen atoms in total. The zero-order valence-corrected chi connectivity index (χ0v) is 11.9. The third-order valence-electron chi connectivity index (χ3n) is 3.16. The fourth-order valence-corrected chi connectivity index (χ4v) is 2.31. The van der Waals surface area contributed by atoms with Gasteiger partial charge in [0.1, 0.15) is 5.52 Å². The maximum Gasteiger partial charge on any atom is 0.451 e. The van der Waals surface area contributed by atoms with E-state index in [0.29, 0.717) is 13.0 Å². The van der Waals surface area contributed by atoms with E-state index in [1.807, 2.05) is 30.3 Å². The van der Waals surface area contributed by atoms with Crippen molar-refractivity contribution in [1.29, 1.82) is 0 Å². The van der Waals surface area contributed by atoms with Gasteiger partial charge in [0, 0.05) is 6.54 Å². The summed E-state index contributed by atoms with van der Waals surface area (Å²) < 4.78 is 39.9. The van der Waals surface area contributed by atoms with Crippen LogP contribution in [0.3, 0.4) is 0 Å². The Bertz CT molecular complexity index is 799. The highest BCUT2D eigenvalue weighted by Crippen LogP contribution is 2.29. The Balaban J connectivity index is 1.95. The zero-order valence-electron chi connectivity index (χ0n) is 11.2. The molecule has 114 valence electrons. The first-order valence-electron chi connectivity index (χ1n) is 6.44. The molecule has 0 aliphatic rings. The lowest BCUT2D eigenvalue weighted by Crippen LogP contribution is -2.12. The monoisotopic (exact) mass is 326 g/mol. The molecular formula is C14H10ClF3N4. The number of hydrogen-bond acceptors (Lipinski definition) is 3. The highest BCUT2D eigenvalue weighted by molar-refractivity contribution is 6.33. The molecule has 0 aliphatic heterocycles. The molecule has 0 atom stereocenters. The van der Waals surface area contributed by atoms with E-state index in [1.165, 1.54) is 6.33 Å². The standard InChI is InChI=1S/C14H10ClF3N4/c15-11-10-12(21-13(20-11)14(16,17)18)22(8-19-10)7-6-9-4-2-1-3-5-9/h1-5,8H,6-7H2. The van der Waals surface area contributed by atoms with Crippen LogP contribution in [0.5, 0.6) is 0 Å². The topological polar surface area (TPSA) is 43.6 Å². The molecule has 2 aromatic heterocycles. The van der Waals surface area contributed by atoms with E-state index < -0.39 is 12.0 Å². The van der Waals surface area contributed by atoms with Crippen molar-refractivity contribution in [3.8, 4) is 0 Å². The van der Waals surface area contributed by atoms with Gasteiger partial charge in [-0.1, -0.05) is 41.9 Å². The molecule has 0 saturated heterocycles. The normalized spacial score (nSPS) is 12.0. The number of aromatic nitrogens is 4. The van der Waals surface area contributed by atoms with E-state index in [4.69, 9.17) is 11.6 Å². The minimum atomic E-state index is -4.65. The smallest absolute Gasteiger partial charge is 0.315 e. The Kier molecular flexibility index (Phi) is 3.74. The van der Waals surface area contributed by atoms with Gasteiger partial charge in [-0.15, -0.1) is 0 Å². The van der Waals surface area contributed by atoms with Crippen LogP contribution in [0.1, 0.15) is 11.4 Å². The van der Waals surface area contributed by atoms with Gasteiger partial charge in [-0.25, -0.2) is 15.0 Å². The number of halogens is 4. The second kappa shape index (κ2) is 5.57. The number of benzene rings is 1. The summed E-state index contributed by atoms with van der Waals surface area (Å²) >= 11 is 5.77. The van der Waals surface area contributed by atoms with Crippen molar-refractivity contribution < 1.29 is 13.2 Å². The minimum absolute atomic E-state index is 0.0863. The maximum atomic E-state index is 12.8. The Hall–Kier alpha value is -2.15. The molecule has 0 spiro atoms. The summed E-state index contributed by atoms with van der Waals surface area (Å²) in [6, 6.07) is 9.60. The van der Waals surface area contributed by atoms with Crippen LogP contribution in [0.4, 0.5) is 13.2 Å². The van der Waals surface area contributed by atoms with E-state index in [-0.39, 0.29) is 16.3 Å². The fraction of sp³-hybridized carbons (Fsp3) is 0.214. The van der Waals surface area contributed by atoms with Crippen molar-refractivity contribution in [2.24, 2.45) is 0 Å². The molecule has 0 fully saturated rings. The second-order valence-electron chi connectivity index (χ2n) is 4.68. The van der Waals surface area contributed by atoms with Crippen LogP contribution < -0.4 is 0 Å². The molecule has 2 heterocycles. The van der Waals surface area contributed by atoms with Crippen molar-refractivity contribution in [1.82, 2.24) is 19.5 Å². The molecule has 0 bridgehead atoms. The average molecular weight is 327 g/mol. The van der Waals surface area contributed by atoms with Gasteiger partial charge in [0.2, 0.25) is 5.82 Å². The maximum absolute atomic E-state index is 12.8. The van der Waals surface area contributed by atoms with E-state index in [9.17, 15) is 13.2 Å². The summed E-state index contributed by atoms with van der Waals surface area (Å²) in [6.07, 6.45) is -2.57. The van der Waals surface area contributed by atoms with Crippen molar-refractivity contribution in [3.05, 3.63) is 53.2 Å². The zero-order chi connectivity index (χ0) is 15.7. The number of fused-ring (bicyclic) bond motifs is 1. The lowest BCUT2D eigenvalue weighted by atomic mass is 10.1. The first kappa shape index (κ1) is 14.8. The molecule has 0 saturated carbocycles. The molecule has 0 amide bonds. The van der Waals surface area contributed by atoms with Crippen LogP contribution in [0.25, 0.3) is 11.2 Å². The van der Waals surface area contributed by atoms with Crippen LogP contribution in [0.15, 0.2) is 36.7 Å². The van der Waals surface area contributed by atoms with Gasteiger partial charge in [-0.2, -0.15) is 13.2 Å². The number of alkyl halides is 3. The van der Waals surface area contributed by atoms with Crippen molar-refractivity contribution >= 4 is 22.8 Å². The van der Waals surface area contributed by atoms with Gasteiger partial charge >= 0.3 is 6.18 Å². The molecule has 3 aromatic rings. The van der Waals surface area contributed by atoms with E-state index in [1.54, 1.807) is 4.57 Å². The first-order chi connectivity index (χ1) is 10.4. The summed E-state index contributed by atoms with van der Waals surface area (Å²) in [5, 5.41) is -0.296. The second-order valence-corrected chi connectivity index (χ2v) is 5.04. The number of rotatable bonds is 3. The lowest BCUT2D eigenvalue weighted by molar-refractivity contribution is -0.144. The Morgan fingerprint density at radius 2 is 1.82 bits per heavy atom.